The molecule has 1 aliphatic rings. The summed E-state index contributed by atoms with van der Waals surface area (Å²) in [4.78, 5) is 15.1. The summed E-state index contributed by atoms with van der Waals surface area (Å²) in [6.07, 6.45) is 4.22. The number of halogens is 1. The largest absolute Gasteiger partial charge is 0.445 e. The normalized spacial score (nSPS) is 17.3. The van der Waals surface area contributed by atoms with E-state index in [9.17, 15) is 4.79 Å². The van der Waals surface area contributed by atoms with Crippen molar-refractivity contribution in [1.82, 2.24) is 10.2 Å². The first-order valence-electron chi connectivity index (χ1n) is 10.9. The summed E-state index contributed by atoms with van der Waals surface area (Å²) in [5.41, 5.74) is 6.99. The molecule has 0 saturated carbocycles. The van der Waals surface area contributed by atoms with Crippen molar-refractivity contribution >= 4 is 17.7 Å². The first-order chi connectivity index (χ1) is 15.5. The van der Waals surface area contributed by atoms with E-state index in [0.29, 0.717) is 13.1 Å². The Kier molecular flexibility index (Phi) is 8.57. The molecule has 0 aliphatic carbocycles. The minimum atomic E-state index is -0.322. The van der Waals surface area contributed by atoms with Gasteiger partial charge < -0.3 is 10.1 Å². The molecule has 0 saturated heterocycles. The molecule has 2 atom stereocenters. The zero-order valence-corrected chi connectivity index (χ0v) is 19.5. The number of nitrogens with zero attached hydrogens (tertiary/aromatic N) is 1. The summed E-state index contributed by atoms with van der Waals surface area (Å²) in [5, 5.41) is 3.52. The number of nitrogens with one attached hydrogen (secondary N) is 1. The van der Waals surface area contributed by atoms with Crippen molar-refractivity contribution in [3.05, 3.63) is 107 Å². The average molecular weight is 451 g/mol. The fraction of sp³-hybridized carbons (Fsp3) is 0.296. The number of aryl methyl sites for hydroxylation is 1. The highest BCUT2D eigenvalue weighted by Gasteiger charge is 2.35. The molecule has 4 nitrogen and oxygen atoms in total. The van der Waals surface area contributed by atoms with Gasteiger partial charge in [0.05, 0.1) is 0 Å². The number of carbonyl (C=O) groups is 1. The summed E-state index contributed by atoms with van der Waals surface area (Å²) in [7, 11) is 0. The van der Waals surface area contributed by atoms with Gasteiger partial charge in [0, 0.05) is 24.3 Å². The zero-order chi connectivity index (χ0) is 22.9. The van der Waals surface area contributed by atoms with E-state index in [-0.39, 0.29) is 24.7 Å². The number of hydrogen-bond donors (Lipinski definition) is 1. The number of carbonyl (C=O) groups excluding carboxylic acids is 1. The SMILES string of the molecule is C=CCNC1=C(C(C)/C=C/Cl)CCN(C(=O)OCc2ccccc2)C1c1ccc(C)cc1. The van der Waals surface area contributed by atoms with Crippen molar-refractivity contribution in [3.63, 3.8) is 0 Å². The molecule has 168 valence electrons. The van der Waals surface area contributed by atoms with Crippen LogP contribution >= 0.6 is 11.6 Å². The number of allylic oxidation sites excluding steroid dienone is 1. The second kappa shape index (κ2) is 11.6. The van der Waals surface area contributed by atoms with Crippen molar-refractivity contribution in [2.75, 3.05) is 13.1 Å². The molecule has 5 heteroatoms. The predicted octanol–water partition coefficient (Wildman–Crippen LogP) is 6.50. The number of rotatable bonds is 8. The molecule has 32 heavy (non-hydrogen) atoms. The lowest BCUT2D eigenvalue weighted by molar-refractivity contribution is 0.0812. The highest BCUT2D eigenvalue weighted by Crippen LogP contribution is 2.38. The maximum Gasteiger partial charge on any atom is 0.410 e. The molecule has 3 rings (SSSR count). The van der Waals surface area contributed by atoms with Gasteiger partial charge in [0.1, 0.15) is 12.6 Å². The maximum atomic E-state index is 13.2. The Labute approximate surface area is 196 Å². The quantitative estimate of drug-likeness (QED) is 0.467. The Bertz CT molecular complexity index is 967. The van der Waals surface area contributed by atoms with Gasteiger partial charge in [-0.05, 0) is 36.0 Å². The molecule has 0 fully saturated rings. The lowest BCUT2D eigenvalue weighted by Gasteiger charge is -2.40. The predicted molar refractivity (Wildman–Crippen MR) is 131 cm³/mol. The summed E-state index contributed by atoms with van der Waals surface area (Å²) >= 11 is 5.89. The third kappa shape index (κ3) is 5.83. The summed E-state index contributed by atoms with van der Waals surface area (Å²) in [6.45, 7) is 9.45. The van der Waals surface area contributed by atoms with E-state index in [1.807, 2.05) is 47.4 Å². The van der Waals surface area contributed by atoms with Gasteiger partial charge in [-0.15, -0.1) is 6.58 Å². The average Bonchev–Trinajstić information content (AvgIpc) is 2.82. The Morgan fingerprint density at radius 2 is 1.97 bits per heavy atom. The van der Waals surface area contributed by atoms with Gasteiger partial charge in [-0.2, -0.15) is 0 Å². The van der Waals surface area contributed by atoms with Crippen molar-refractivity contribution in [1.29, 1.82) is 0 Å². The molecular formula is C27H31ClN2O2. The molecule has 1 N–H and O–H groups in total. The summed E-state index contributed by atoms with van der Waals surface area (Å²) < 4.78 is 5.72. The van der Waals surface area contributed by atoms with Crippen molar-refractivity contribution in [2.45, 2.75) is 32.9 Å². The summed E-state index contributed by atoms with van der Waals surface area (Å²) in [6, 6.07) is 17.8. The lowest BCUT2D eigenvalue weighted by Crippen LogP contribution is -2.44. The van der Waals surface area contributed by atoms with E-state index in [2.05, 4.69) is 50.0 Å². The van der Waals surface area contributed by atoms with Gasteiger partial charge in [0.2, 0.25) is 0 Å². The van der Waals surface area contributed by atoms with Gasteiger partial charge >= 0.3 is 6.09 Å². The Morgan fingerprint density at radius 3 is 2.62 bits per heavy atom. The lowest BCUT2D eigenvalue weighted by atomic mass is 9.86. The van der Waals surface area contributed by atoms with Crippen LogP contribution < -0.4 is 5.32 Å². The Morgan fingerprint density at radius 1 is 1.25 bits per heavy atom. The molecule has 1 heterocycles. The second-order valence-corrected chi connectivity index (χ2v) is 8.26. The minimum Gasteiger partial charge on any atom is -0.445 e. The molecule has 2 unspecified atom stereocenters. The molecule has 0 bridgehead atoms. The molecule has 2 aromatic carbocycles. The zero-order valence-electron chi connectivity index (χ0n) is 18.8. The van der Waals surface area contributed by atoms with Crippen molar-refractivity contribution < 1.29 is 9.53 Å². The van der Waals surface area contributed by atoms with Crippen LogP contribution in [0.5, 0.6) is 0 Å². The minimum absolute atomic E-state index is 0.148. The van der Waals surface area contributed by atoms with Crippen LogP contribution in [0.15, 0.2) is 90.1 Å². The molecule has 0 aromatic heterocycles. The first kappa shape index (κ1) is 23.7. The maximum absolute atomic E-state index is 13.2. The number of amides is 1. The van der Waals surface area contributed by atoms with Gasteiger partial charge in [0.25, 0.3) is 0 Å². The number of hydrogen-bond acceptors (Lipinski definition) is 3. The molecule has 2 aromatic rings. The third-order valence-electron chi connectivity index (χ3n) is 5.73. The second-order valence-electron chi connectivity index (χ2n) is 8.01. The first-order valence-corrected chi connectivity index (χ1v) is 11.4. The Balaban J connectivity index is 1.97. The highest BCUT2D eigenvalue weighted by atomic mass is 35.5. The molecular weight excluding hydrogens is 420 g/mol. The third-order valence-corrected chi connectivity index (χ3v) is 5.88. The molecule has 1 amide bonds. The van der Waals surface area contributed by atoms with E-state index >= 15 is 0 Å². The van der Waals surface area contributed by atoms with Crippen LogP contribution in [0.3, 0.4) is 0 Å². The van der Waals surface area contributed by atoms with E-state index in [1.54, 1.807) is 5.54 Å². The van der Waals surface area contributed by atoms with Gasteiger partial charge in [-0.1, -0.05) is 90.8 Å². The monoisotopic (exact) mass is 450 g/mol. The smallest absolute Gasteiger partial charge is 0.410 e. The standard InChI is InChI=1S/C27H31ClN2O2/c1-4-17-29-25-24(21(3)14-16-28)15-18-30(26(25)23-12-10-20(2)11-13-23)27(31)32-19-22-8-6-5-7-9-22/h4-14,16,21,26,29H,1,15,17-19H2,2-3H3/b16-14+. The van der Waals surface area contributed by atoms with E-state index in [4.69, 9.17) is 16.3 Å². The van der Waals surface area contributed by atoms with Crippen LogP contribution in [-0.2, 0) is 11.3 Å². The van der Waals surface area contributed by atoms with Crippen LogP contribution in [0.25, 0.3) is 0 Å². The van der Waals surface area contributed by atoms with Crippen LogP contribution in [0.4, 0.5) is 4.79 Å². The van der Waals surface area contributed by atoms with Gasteiger partial charge in [0.15, 0.2) is 0 Å². The Hall–Kier alpha value is -2.98. The highest BCUT2D eigenvalue weighted by molar-refractivity contribution is 6.25. The van der Waals surface area contributed by atoms with Crippen LogP contribution in [-0.4, -0.2) is 24.1 Å². The molecule has 0 spiro atoms. The number of ether oxygens (including phenoxy) is 1. The van der Waals surface area contributed by atoms with Crippen LogP contribution in [0.2, 0.25) is 0 Å². The van der Waals surface area contributed by atoms with Gasteiger partial charge in [-0.25, -0.2) is 4.79 Å². The van der Waals surface area contributed by atoms with Crippen molar-refractivity contribution in [3.8, 4) is 0 Å². The fourth-order valence-corrected chi connectivity index (χ4v) is 4.24. The van der Waals surface area contributed by atoms with E-state index in [1.165, 1.54) is 11.1 Å². The van der Waals surface area contributed by atoms with E-state index < -0.39 is 0 Å². The van der Waals surface area contributed by atoms with Crippen molar-refractivity contribution in [2.24, 2.45) is 5.92 Å². The van der Waals surface area contributed by atoms with Crippen LogP contribution in [0.1, 0.15) is 36.1 Å². The molecule has 0 radical (unpaired) electrons. The topological polar surface area (TPSA) is 41.6 Å². The fourth-order valence-electron chi connectivity index (χ4n) is 4.02. The van der Waals surface area contributed by atoms with Gasteiger partial charge in [-0.3, -0.25) is 4.90 Å². The van der Waals surface area contributed by atoms with E-state index in [0.717, 1.165) is 23.2 Å². The molecule has 1 aliphatic heterocycles. The summed E-state index contributed by atoms with van der Waals surface area (Å²) in [5.74, 6) is 0.148. The number of benzene rings is 2. The van der Waals surface area contributed by atoms with Crippen LogP contribution in [0, 0.1) is 12.8 Å².